The molecule has 2 aromatic rings. The van der Waals surface area contributed by atoms with E-state index >= 15 is 0 Å². The zero-order valence-corrected chi connectivity index (χ0v) is 14.8. The normalized spacial score (nSPS) is 10.3. The number of benzene rings is 2. The number of carbonyl (C=O) groups is 2. The standard InChI is InChI=1S/C19H21ClN2O3/c1-2-25-12-6-11-21-19(24)16-9-3-4-10-17(16)22-18(23)14-7-5-8-15(20)13-14/h3-5,7-10,13H,2,6,11-12H2,1H3,(H,21,24)(H,22,23). The molecule has 0 fully saturated rings. The summed E-state index contributed by atoms with van der Waals surface area (Å²) in [5, 5.41) is 6.07. The summed E-state index contributed by atoms with van der Waals surface area (Å²) in [7, 11) is 0. The fraction of sp³-hybridized carbons (Fsp3) is 0.263. The van der Waals surface area contributed by atoms with E-state index in [9.17, 15) is 9.59 Å². The van der Waals surface area contributed by atoms with Crippen molar-refractivity contribution < 1.29 is 14.3 Å². The van der Waals surface area contributed by atoms with Crippen LogP contribution in [0, 0.1) is 0 Å². The van der Waals surface area contributed by atoms with Gasteiger partial charge in [-0.05, 0) is 43.7 Å². The molecular weight excluding hydrogens is 340 g/mol. The fourth-order valence-corrected chi connectivity index (χ4v) is 2.42. The molecule has 0 saturated heterocycles. The lowest BCUT2D eigenvalue weighted by Crippen LogP contribution is -2.26. The highest BCUT2D eigenvalue weighted by atomic mass is 35.5. The largest absolute Gasteiger partial charge is 0.382 e. The lowest BCUT2D eigenvalue weighted by Gasteiger charge is -2.11. The molecule has 2 amide bonds. The highest BCUT2D eigenvalue weighted by Gasteiger charge is 2.13. The van der Waals surface area contributed by atoms with Gasteiger partial charge in [0.2, 0.25) is 0 Å². The molecule has 0 aliphatic heterocycles. The molecule has 132 valence electrons. The third kappa shape index (κ3) is 5.89. The summed E-state index contributed by atoms with van der Waals surface area (Å²) in [4.78, 5) is 24.7. The van der Waals surface area contributed by atoms with E-state index in [2.05, 4.69) is 10.6 Å². The number of anilines is 1. The molecule has 2 aromatic carbocycles. The number of carbonyl (C=O) groups excluding carboxylic acids is 2. The summed E-state index contributed by atoms with van der Waals surface area (Å²) in [6.07, 6.45) is 0.733. The molecule has 25 heavy (non-hydrogen) atoms. The summed E-state index contributed by atoms with van der Waals surface area (Å²) in [5.74, 6) is -0.558. The molecule has 0 spiro atoms. The molecule has 0 aromatic heterocycles. The Morgan fingerprint density at radius 1 is 1.08 bits per heavy atom. The van der Waals surface area contributed by atoms with Crippen molar-refractivity contribution >= 4 is 29.1 Å². The molecule has 6 heteroatoms. The van der Waals surface area contributed by atoms with Gasteiger partial charge in [0.05, 0.1) is 11.3 Å². The van der Waals surface area contributed by atoms with Crippen molar-refractivity contribution in [3.63, 3.8) is 0 Å². The van der Waals surface area contributed by atoms with Gasteiger partial charge < -0.3 is 15.4 Å². The van der Waals surface area contributed by atoms with E-state index < -0.39 is 0 Å². The van der Waals surface area contributed by atoms with E-state index in [4.69, 9.17) is 16.3 Å². The Hall–Kier alpha value is -2.37. The summed E-state index contributed by atoms with van der Waals surface area (Å²) in [5.41, 5.74) is 1.29. The van der Waals surface area contributed by atoms with Crippen LogP contribution in [0.5, 0.6) is 0 Å². The molecule has 2 N–H and O–H groups in total. The first-order valence-corrected chi connectivity index (χ1v) is 8.51. The van der Waals surface area contributed by atoms with Gasteiger partial charge in [-0.3, -0.25) is 9.59 Å². The minimum Gasteiger partial charge on any atom is -0.382 e. The predicted octanol–water partition coefficient (Wildman–Crippen LogP) is 3.75. The first-order valence-electron chi connectivity index (χ1n) is 8.13. The summed E-state index contributed by atoms with van der Waals surface area (Å²) < 4.78 is 5.24. The molecule has 0 unspecified atom stereocenters. The number of hydrogen-bond donors (Lipinski definition) is 2. The molecule has 5 nitrogen and oxygen atoms in total. The number of amides is 2. The van der Waals surface area contributed by atoms with Crippen LogP contribution < -0.4 is 10.6 Å². The van der Waals surface area contributed by atoms with Crippen LogP contribution in [-0.2, 0) is 4.74 Å². The number of ether oxygens (including phenoxy) is 1. The smallest absolute Gasteiger partial charge is 0.255 e. The zero-order valence-electron chi connectivity index (χ0n) is 14.0. The van der Waals surface area contributed by atoms with Crippen molar-refractivity contribution in [2.75, 3.05) is 25.1 Å². The Kier molecular flexibility index (Phi) is 7.44. The number of hydrogen-bond acceptors (Lipinski definition) is 3. The van der Waals surface area contributed by atoms with Crippen molar-refractivity contribution in [1.82, 2.24) is 5.32 Å². The van der Waals surface area contributed by atoms with Crippen molar-refractivity contribution in [2.24, 2.45) is 0 Å². The van der Waals surface area contributed by atoms with Crippen molar-refractivity contribution in [3.8, 4) is 0 Å². The molecule has 0 atom stereocenters. The van der Waals surface area contributed by atoms with E-state index in [-0.39, 0.29) is 11.8 Å². The van der Waals surface area contributed by atoms with Gasteiger partial charge in [-0.15, -0.1) is 0 Å². The Morgan fingerprint density at radius 2 is 1.88 bits per heavy atom. The second kappa shape index (κ2) is 9.81. The molecule has 0 aliphatic rings. The molecule has 0 heterocycles. The summed E-state index contributed by atoms with van der Waals surface area (Å²) in [6.45, 7) is 3.70. The Bertz CT molecular complexity index is 734. The lowest BCUT2D eigenvalue weighted by molar-refractivity contribution is 0.0945. The van der Waals surface area contributed by atoms with Crippen LogP contribution >= 0.6 is 11.6 Å². The molecular formula is C19H21ClN2O3. The molecule has 0 saturated carbocycles. The Morgan fingerprint density at radius 3 is 2.64 bits per heavy atom. The van der Waals surface area contributed by atoms with Crippen LogP contribution in [0.3, 0.4) is 0 Å². The average Bonchev–Trinajstić information content (AvgIpc) is 2.62. The van der Waals surface area contributed by atoms with Gasteiger partial charge in [-0.1, -0.05) is 29.8 Å². The molecule has 2 rings (SSSR count). The first kappa shape index (κ1) is 19.0. The second-order valence-electron chi connectivity index (χ2n) is 5.32. The van der Waals surface area contributed by atoms with Gasteiger partial charge in [-0.25, -0.2) is 0 Å². The number of nitrogens with one attached hydrogen (secondary N) is 2. The third-order valence-electron chi connectivity index (χ3n) is 3.46. The van der Waals surface area contributed by atoms with Gasteiger partial charge in [0.1, 0.15) is 0 Å². The van der Waals surface area contributed by atoms with E-state index in [1.54, 1.807) is 48.5 Å². The quantitative estimate of drug-likeness (QED) is 0.704. The maximum Gasteiger partial charge on any atom is 0.255 e. The fourth-order valence-electron chi connectivity index (χ4n) is 2.23. The topological polar surface area (TPSA) is 67.4 Å². The van der Waals surface area contributed by atoms with Gasteiger partial charge in [0.15, 0.2) is 0 Å². The van der Waals surface area contributed by atoms with Crippen LogP contribution in [0.1, 0.15) is 34.1 Å². The third-order valence-corrected chi connectivity index (χ3v) is 3.70. The monoisotopic (exact) mass is 360 g/mol. The van der Waals surface area contributed by atoms with Gasteiger partial charge in [0.25, 0.3) is 11.8 Å². The lowest BCUT2D eigenvalue weighted by atomic mass is 10.1. The van der Waals surface area contributed by atoms with Crippen LogP contribution in [-0.4, -0.2) is 31.6 Å². The highest BCUT2D eigenvalue weighted by molar-refractivity contribution is 6.31. The average molecular weight is 361 g/mol. The predicted molar refractivity (Wildman–Crippen MR) is 99.3 cm³/mol. The van der Waals surface area contributed by atoms with Crippen molar-refractivity contribution in [3.05, 3.63) is 64.7 Å². The Labute approximate surface area is 152 Å². The van der Waals surface area contributed by atoms with Crippen LogP contribution in [0.25, 0.3) is 0 Å². The van der Waals surface area contributed by atoms with Crippen molar-refractivity contribution in [2.45, 2.75) is 13.3 Å². The maximum absolute atomic E-state index is 12.4. The minimum absolute atomic E-state index is 0.238. The Balaban J connectivity index is 2.02. The van der Waals surface area contributed by atoms with Crippen LogP contribution in [0.4, 0.5) is 5.69 Å². The second-order valence-corrected chi connectivity index (χ2v) is 5.75. The van der Waals surface area contributed by atoms with E-state index in [0.29, 0.717) is 41.6 Å². The van der Waals surface area contributed by atoms with E-state index in [1.165, 1.54) is 0 Å². The van der Waals surface area contributed by atoms with E-state index in [1.807, 2.05) is 6.92 Å². The highest BCUT2D eigenvalue weighted by Crippen LogP contribution is 2.17. The van der Waals surface area contributed by atoms with Gasteiger partial charge in [0, 0.05) is 30.3 Å². The molecule has 0 bridgehead atoms. The number of halogens is 1. The number of rotatable bonds is 8. The molecule has 0 aliphatic carbocycles. The summed E-state index contributed by atoms with van der Waals surface area (Å²) >= 11 is 5.91. The maximum atomic E-state index is 12.4. The van der Waals surface area contributed by atoms with Gasteiger partial charge >= 0.3 is 0 Å². The summed E-state index contributed by atoms with van der Waals surface area (Å²) in [6, 6.07) is 13.5. The first-order chi connectivity index (χ1) is 12.1. The zero-order chi connectivity index (χ0) is 18.1. The van der Waals surface area contributed by atoms with Gasteiger partial charge in [-0.2, -0.15) is 0 Å². The van der Waals surface area contributed by atoms with E-state index in [0.717, 1.165) is 6.42 Å². The van der Waals surface area contributed by atoms with Crippen molar-refractivity contribution in [1.29, 1.82) is 0 Å². The minimum atomic E-state index is -0.320. The SMILES string of the molecule is CCOCCCNC(=O)c1ccccc1NC(=O)c1cccc(Cl)c1. The molecule has 0 radical (unpaired) electrons. The van der Waals surface area contributed by atoms with Crippen LogP contribution in [0.2, 0.25) is 5.02 Å². The number of para-hydroxylation sites is 1. The van der Waals surface area contributed by atoms with Crippen LogP contribution in [0.15, 0.2) is 48.5 Å².